The molecule has 0 atom stereocenters. The monoisotopic (exact) mass is 228 g/mol. The summed E-state index contributed by atoms with van der Waals surface area (Å²) in [6.45, 7) is 3.13. The third kappa shape index (κ3) is 1.85. The van der Waals surface area contributed by atoms with Crippen molar-refractivity contribution >= 4 is 0 Å². The first kappa shape index (κ1) is 10.5. The van der Waals surface area contributed by atoms with Crippen LogP contribution in [0.3, 0.4) is 0 Å². The van der Waals surface area contributed by atoms with Gasteiger partial charge in [0, 0.05) is 0 Å². The topological polar surface area (TPSA) is 9.23 Å². The molecule has 86 valence electrons. The van der Waals surface area contributed by atoms with Crippen LogP contribution in [0.1, 0.15) is 16.7 Å². The Labute approximate surface area is 99.9 Å². The zero-order valence-corrected chi connectivity index (χ0v) is 9.66. The lowest BCUT2D eigenvalue weighted by molar-refractivity contribution is 0.109. The SMILES string of the molecule is Cc1ccc2c(c1)COCc1cc(F)ccc1-2. The van der Waals surface area contributed by atoms with Crippen LogP contribution in [0.15, 0.2) is 36.4 Å². The highest BCUT2D eigenvalue weighted by molar-refractivity contribution is 5.71. The second-order valence-electron chi connectivity index (χ2n) is 4.45. The number of halogens is 1. The van der Waals surface area contributed by atoms with Gasteiger partial charge >= 0.3 is 0 Å². The summed E-state index contributed by atoms with van der Waals surface area (Å²) in [4.78, 5) is 0. The van der Waals surface area contributed by atoms with Crippen molar-refractivity contribution in [3.8, 4) is 11.1 Å². The summed E-state index contributed by atoms with van der Waals surface area (Å²) < 4.78 is 18.8. The van der Waals surface area contributed by atoms with Crippen molar-refractivity contribution in [2.45, 2.75) is 20.1 Å². The Hall–Kier alpha value is -1.67. The molecule has 2 aromatic carbocycles. The van der Waals surface area contributed by atoms with Crippen molar-refractivity contribution in [1.29, 1.82) is 0 Å². The minimum atomic E-state index is -0.206. The first-order valence-corrected chi connectivity index (χ1v) is 5.70. The highest BCUT2D eigenvalue weighted by Gasteiger charge is 2.14. The molecule has 0 aliphatic carbocycles. The van der Waals surface area contributed by atoms with Gasteiger partial charge in [-0.3, -0.25) is 0 Å². The van der Waals surface area contributed by atoms with E-state index in [-0.39, 0.29) is 5.82 Å². The summed E-state index contributed by atoms with van der Waals surface area (Å²) in [5.74, 6) is -0.206. The fourth-order valence-electron chi connectivity index (χ4n) is 2.32. The fourth-order valence-corrected chi connectivity index (χ4v) is 2.32. The number of ether oxygens (including phenoxy) is 1. The second kappa shape index (κ2) is 3.97. The lowest BCUT2D eigenvalue weighted by Gasteiger charge is -2.08. The molecule has 2 aromatic rings. The molecular weight excluding hydrogens is 215 g/mol. The van der Waals surface area contributed by atoms with Crippen molar-refractivity contribution in [3.63, 3.8) is 0 Å². The molecule has 0 fully saturated rings. The van der Waals surface area contributed by atoms with Gasteiger partial charge in [0.2, 0.25) is 0 Å². The van der Waals surface area contributed by atoms with Crippen molar-refractivity contribution in [2.75, 3.05) is 0 Å². The van der Waals surface area contributed by atoms with Crippen LogP contribution in [0.2, 0.25) is 0 Å². The van der Waals surface area contributed by atoms with E-state index in [0.717, 1.165) is 16.7 Å². The lowest BCUT2D eigenvalue weighted by atomic mass is 9.95. The zero-order valence-electron chi connectivity index (χ0n) is 9.66. The van der Waals surface area contributed by atoms with E-state index in [0.29, 0.717) is 13.2 Å². The van der Waals surface area contributed by atoms with E-state index in [1.54, 1.807) is 6.07 Å². The molecule has 0 bridgehead atoms. The summed E-state index contributed by atoms with van der Waals surface area (Å²) in [7, 11) is 0. The van der Waals surface area contributed by atoms with Gasteiger partial charge in [-0.15, -0.1) is 0 Å². The average molecular weight is 228 g/mol. The zero-order chi connectivity index (χ0) is 11.8. The van der Waals surface area contributed by atoms with E-state index in [1.165, 1.54) is 17.2 Å². The Balaban J connectivity index is 2.24. The number of benzene rings is 2. The van der Waals surface area contributed by atoms with Crippen LogP contribution in [0.25, 0.3) is 11.1 Å². The Bertz CT molecular complexity index is 524. The molecule has 2 heteroatoms. The largest absolute Gasteiger partial charge is 0.372 e. The van der Waals surface area contributed by atoms with Crippen molar-refractivity contribution < 1.29 is 9.13 Å². The van der Waals surface area contributed by atoms with Crippen molar-refractivity contribution in [3.05, 3.63) is 58.9 Å². The number of hydrogen-bond donors (Lipinski definition) is 0. The third-order valence-corrected chi connectivity index (χ3v) is 3.13. The van der Waals surface area contributed by atoms with Gasteiger partial charge in [0.1, 0.15) is 5.82 Å². The maximum atomic E-state index is 13.2. The van der Waals surface area contributed by atoms with Crippen LogP contribution in [0.5, 0.6) is 0 Å². The van der Waals surface area contributed by atoms with Gasteiger partial charge in [0.05, 0.1) is 13.2 Å². The van der Waals surface area contributed by atoms with Gasteiger partial charge in [0.15, 0.2) is 0 Å². The van der Waals surface area contributed by atoms with Crippen LogP contribution in [0.4, 0.5) is 4.39 Å². The Morgan fingerprint density at radius 1 is 0.941 bits per heavy atom. The summed E-state index contributed by atoms with van der Waals surface area (Å²) in [6.07, 6.45) is 0. The van der Waals surface area contributed by atoms with Crippen LogP contribution in [-0.2, 0) is 18.0 Å². The van der Waals surface area contributed by atoms with Gasteiger partial charge in [-0.1, -0.05) is 29.8 Å². The average Bonchev–Trinajstić information content (AvgIpc) is 2.47. The van der Waals surface area contributed by atoms with E-state index in [1.807, 2.05) is 6.07 Å². The van der Waals surface area contributed by atoms with E-state index >= 15 is 0 Å². The van der Waals surface area contributed by atoms with Crippen molar-refractivity contribution in [2.24, 2.45) is 0 Å². The van der Waals surface area contributed by atoms with E-state index in [4.69, 9.17) is 4.74 Å². The van der Waals surface area contributed by atoms with Gasteiger partial charge < -0.3 is 4.74 Å². The van der Waals surface area contributed by atoms with Gasteiger partial charge in [-0.05, 0) is 41.3 Å². The predicted octanol–water partition coefficient (Wildman–Crippen LogP) is 3.83. The highest BCUT2D eigenvalue weighted by atomic mass is 19.1. The molecule has 1 nitrogen and oxygen atoms in total. The van der Waals surface area contributed by atoms with Crippen LogP contribution in [0, 0.1) is 12.7 Å². The summed E-state index contributed by atoms with van der Waals surface area (Å²) in [5, 5.41) is 0. The maximum absolute atomic E-state index is 13.2. The molecule has 17 heavy (non-hydrogen) atoms. The summed E-state index contributed by atoms with van der Waals surface area (Å²) in [6, 6.07) is 11.2. The molecule has 1 heterocycles. The summed E-state index contributed by atoms with van der Waals surface area (Å²) in [5.41, 5.74) is 5.56. The number of rotatable bonds is 0. The smallest absolute Gasteiger partial charge is 0.123 e. The molecule has 1 aliphatic rings. The first-order valence-electron chi connectivity index (χ1n) is 5.70. The third-order valence-electron chi connectivity index (χ3n) is 3.13. The molecule has 0 unspecified atom stereocenters. The Kier molecular flexibility index (Phi) is 2.45. The molecule has 3 rings (SSSR count). The van der Waals surface area contributed by atoms with Crippen LogP contribution in [-0.4, -0.2) is 0 Å². The number of fused-ring (bicyclic) bond motifs is 3. The Morgan fingerprint density at radius 2 is 1.59 bits per heavy atom. The van der Waals surface area contributed by atoms with E-state index in [9.17, 15) is 4.39 Å². The van der Waals surface area contributed by atoms with Gasteiger partial charge in [0.25, 0.3) is 0 Å². The molecular formula is C15H13FO. The molecule has 0 spiro atoms. The molecule has 0 N–H and O–H groups in total. The standard InChI is InChI=1S/C15H13FO/c1-10-2-4-14-11(6-10)8-17-9-12-7-13(16)3-5-15(12)14/h2-7H,8-9H2,1H3. The summed E-state index contributed by atoms with van der Waals surface area (Å²) >= 11 is 0. The molecule has 0 aromatic heterocycles. The highest BCUT2D eigenvalue weighted by Crippen LogP contribution is 2.32. The van der Waals surface area contributed by atoms with Crippen molar-refractivity contribution in [1.82, 2.24) is 0 Å². The number of hydrogen-bond acceptors (Lipinski definition) is 1. The van der Waals surface area contributed by atoms with Gasteiger partial charge in [-0.25, -0.2) is 4.39 Å². The quantitative estimate of drug-likeness (QED) is 0.665. The normalized spacial score (nSPS) is 13.8. The number of aryl methyl sites for hydroxylation is 1. The van der Waals surface area contributed by atoms with Gasteiger partial charge in [-0.2, -0.15) is 0 Å². The molecule has 1 aliphatic heterocycles. The molecule has 0 radical (unpaired) electrons. The maximum Gasteiger partial charge on any atom is 0.123 e. The molecule has 0 amide bonds. The second-order valence-corrected chi connectivity index (χ2v) is 4.45. The Morgan fingerprint density at radius 3 is 2.35 bits per heavy atom. The van der Waals surface area contributed by atoms with E-state index < -0.39 is 0 Å². The predicted molar refractivity (Wildman–Crippen MR) is 65.1 cm³/mol. The lowest BCUT2D eigenvalue weighted by Crippen LogP contribution is -1.90. The minimum absolute atomic E-state index is 0.206. The molecule has 0 saturated carbocycles. The fraction of sp³-hybridized carbons (Fsp3) is 0.200. The van der Waals surface area contributed by atoms with Crippen LogP contribution < -0.4 is 0 Å². The van der Waals surface area contributed by atoms with Crippen LogP contribution >= 0.6 is 0 Å². The first-order chi connectivity index (χ1) is 8.24. The minimum Gasteiger partial charge on any atom is -0.372 e. The molecule has 0 saturated heterocycles. The van der Waals surface area contributed by atoms with E-state index in [2.05, 4.69) is 25.1 Å².